The monoisotopic (exact) mass is 326 g/mol. The number of hydrogen-bond acceptors (Lipinski definition) is 2. The number of halogens is 2. The molecular weight excluding hydrogens is 303 g/mol. The Kier molecular flexibility index (Phi) is 6.21. The molecule has 2 atom stereocenters. The molecule has 22 heavy (non-hydrogen) atoms. The van der Waals surface area contributed by atoms with E-state index in [1.807, 2.05) is 17.0 Å². The Labute approximate surface area is 137 Å². The Bertz CT molecular complexity index is 488. The normalized spacial score (nSPS) is 24.9. The lowest BCUT2D eigenvalue weighted by molar-refractivity contribution is -0.133. The molecule has 1 aromatic rings. The summed E-state index contributed by atoms with van der Waals surface area (Å²) >= 11 is 0. The predicted octanol–water partition coefficient (Wildman–Crippen LogP) is 2.78. The molecule has 122 valence electrons. The van der Waals surface area contributed by atoms with Gasteiger partial charge in [-0.1, -0.05) is 18.6 Å². The zero-order valence-electron chi connectivity index (χ0n) is 12.8. The topological polar surface area (TPSA) is 32.3 Å². The first-order valence-corrected chi connectivity index (χ1v) is 7.99. The number of rotatable bonds is 3. The third-order valence-electron chi connectivity index (χ3n) is 4.64. The van der Waals surface area contributed by atoms with Crippen molar-refractivity contribution in [2.75, 3.05) is 19.6 Å². The van der Waals surface area contributed by atoms with Crippen LogP contribution in [0.4, 0.5) is 4.39 Å². The van der Waals surface area contributed by atoms with Crippen LogP contribution in [0.2, 0.25) is 0 Å². The van der Waals surface area contributed by atoms with Crippen molar-refractivity contribution in [3.05, 3.63) is 35.6 Å². The minimum Gasteiger partial charge on any atom is -0.341 e. The van der Waals surface area contributed by atoms with E-state index < -0.39 is 0 Å². The van der Waals surface area contributed by atoms with Gasteiger partial charge in [-0.3, -0.25) is 4.79 Å². The molecule has 0 radical (unpaired) electrons. The summed E-state index contributed by atoms with van der Waals surface area (Å²) < 4.78 is 12.9. The number of benzene rings is 1. The van der Waals surface area contributed by atoms with E-state index >= 15 is 0 Å². The van der Waals surface area contributed by atoms with Gasteiger partial charge in [0.1, 0.15) is 5.82 Å². The van der Waals surface area contributed by atoms with Crippen LogP contribution in [0.3, 0.4) is 0 Å². The number of nitrogens with one attached hydrogen (secondary N) is 1. The van der Waals surface area contributed by atoms with Crippen LogP contribution in [-0.4, -0.2) is 36.5 Å². The van der Waals surface area contributed by atoms with Gasteiger partial charge in [0.25, 0.3) is 0 Å². The Morgan fingerprint density at radius 1 is 1.23 bits per heavy atom. The summed E-state index contributed by atoms with van der Waals surface area (Å²) in [5.41, 5.74) is 1.16. The minimum absolute atomic E-state index is 0. The highest BCUT2D eigenvalue weighted by atomic mass is 35.5. The Balaban J connectivity index is 0.00000176. The molecule has 1 N–H and O–H groups in total. The molecule has 1 aromatic carbocycles. The fraction of sp³-hybridized carbons (Fsp3) is 0.588. The summed E-state index contributed by atoms with van der Waals surface area (Å²) in [6, 6.07) is 6.76. The van der Waals surface area contributed by atoms with Crippen molar-refractivity contribution >= 4 is 18.3 Å². The second kappa shape index (κ2) is 7.93. The average Bonchev–Trinajstić information content (AvgIpc) is 2.98. The Hall–Kier alpha value is -1.13. The summed E-state index contributed by atoms with van der Waals surface area (Å²) in [5.74, 6) is 0.588. The van der Waals surface area contributed by atoms with Crippen molar-refractivity contribution < 1.29 is 9.18 Å². The number of piperidine rings is 1. The number of carbonyl (C=O) groups excluding carboxylic acids is 1. The number of carbonyl (C=O) groups is 1. The van der Waals surface area contributed by atoms with Crippen LogP contribution in [0.15, 0.2) is 24.3 Å². The molecule has 0 bridgehead atoms. The highest BCUT2D eigenvalue weighted by Crippen LogP contribution is 2.22. The van der Waals surface area contributed by atoms with Gasteiger partial charge in [0, 0.05) is 13.1 Å². The fourth-order valence-corrected chi connectivity index (χ4v) is 3.44. The molecule has 2 heterocycles. The summed E-state index contributed by atoms with van der Waals surface area (Å²) in [6.45, 7) is 2.67. The lowest BCUT2D eigenvalue weighted by atomic mass is 9.99. The second-order valence-electron chi connectivity index (χ2n) is 6.27. The zero-order valence-corrected chi connectivity index (χ0v) is 13.6. The molecule has 0 aromatic heterocycles. The molecule has 2 aliphatic heterocycles. The van der Waals surface area contributed by atoms with Crippen LogP contribution < -0.4 is 5.32 Å². The lowest BCUT2D eigenvalue weighted by Crippen LogP contribution is -2.47. The van der Waals surface area contributed by atoms with E-state index in [1.165, 1.54) is 18.6 Å². The second-order valence-corrected chi connectivity index (χ2v) is 6.27. The Morgan fingerprint density at radius 3 is 2.68 bits per heavy atom. The van der Waals surface area contributed by atoms with Crippen LogP contribution >= 0.6 is 12.4 Å². The largest absolute Gasteiger partial charge is 0.341 e. The van der Waals surface area contributed by atoms with Gasteiger partial charge in [0.05, 0.1) is 6.04 Å². The molecule has 2 fully saturated rings. The molecule has 0 saturated carbocycles. The SMILES string of the molecule is Cl.O=C(C1CCCCN1)N1CCC(Cc2ccc(F)cc2)C1. The molecule has 2 saturated heterocycles. The highest BCUT2D eigenvalue weighted by Gasteiger charge is 2.31. The first-order chi connectivity index (χ1) is 10.2. The minimum atomic E-state index is -0.189. The van der Waals surface area contributed by atoms with Crippen molar-refractivity contribution in [3.8, 4) is 0 Å². The van der Waals surface area contributed by atoms with E-state index in [0.29, 0.717) is 5.92 Å². The molecule has 5 heteroatoms. The smallest absolute Gasteiger partial charge is 0.239 e. The predicted molar refractivity (Wildman–Crippen MR) is 87.7 cm³/mol. The molecule has 2 unspecified atom stereocenters. The first-order valence-electron chi connectivity index (χ1n) is 7.99. The fourth-order valence-electron chi connectivity index (χ4n) is 3.44. The third-order valence-corrected chi connectivity index (χ3v) is 4.64. The summed E-state index contributed by atoms with van der Waals surface area (Å²) in [4.78, 5) is 14.5. The van der Waals surface area contributed by atoms with Gasteiger partial charge in [0.15, 0.2) is 0 Å². The van der Waals surface area contributed by atoms with Gasteiger partial charge >= 0.3 is 0 Å². The van der Waals surface area contributed by atoms with Crippen molar-refractivity contribution in [2.45, 2.75) is 38.1 Å². The summed E-state index contributed by atoms with van der Waals surface area (Å²) in [6.07, 6.45) is 5.28. The average molecular weight is 327 g/mol. The van der Waals surface area contributed by atoms with Crippen LogP contribution in [-0.2, 0) is 11.2 Å². The Morgan fingerprint density at radius 2 is 2.00 bits per heavy atom. The van der Waals surface area contributed by atoms with E-state index in [-0.39, 0.29) is 30.2 Å². The molecule has 3 rings (SSSR count). The van der Waals surface area contributed by atoms with Gasteiger partial charge in [-0.15, -0.1) is 12.4 Å². The van der Waals surface area contributed by atoms with E-state index in [0.717, 1.165) is 50.9 Å². The maximum absolute atomic E-state index is 12.9. The summed E-state index contributed by atoms with van der Waals surface area (Å²) in [5, 5.41) is 3.33. The van der Waals surface area contributed by atoms with Gasteiger partial charge in [0.2, 0.25) is 5.91 Å². The van der Waals surface area contributed by atoms with Crippen molar-refractivity contribution in [2.24, 2.45) is 5.92 Å². The van der Waals surface area contributed by atoms with Crippen LogP contribution in [0, 0.1) is 11.7 Å². The highest BCUT2D eigenvalue weighted by molar-refractivity contribution is 5.85. The molecule has 0 spiro atoms. The zero-order chi connectivity index (χ0) is 14.7. The molecule has 2 aliphatic rings. The maximum Gasteiger partial charge on any atom is 0.239 e. The summed E-state index contributed by atoms with van der Waals surface area (Å²) in [7, 11) is 0. The third kappa shape index (κ3) is 4.20. The number of hydrogen-bond donors (Lipinski definition) is 1. The van der Waals surface area contributed by atoms with Gasteiger partial charge < -0.3 is 10.2 Å². The first kappa shape index (κ1) is 17.2. The van der Waals surface area contributed by atoms with Crippen LogP contribution in [0.5, 0.6) is 0 Å². The standard InChI is InChI=1S/C17H23FN2O.ClH/c18-15-6-4-13(5-7-15)11-14-8-10-20(12-14)17(21)16-3-1-2-9-19-16;/h4-7,14,16,19H,1-3,8-12H2;1H. The van der Waals surface area contributed by atoms with E-state index in [4.69, 9.17) is 0 Å². The van der Waals surface area contributed by atoms with Crippen molar-refractivity contribution in [3.63, 3.8) is 0 Å². The number of nitrogens with zero attached hydrogens (tertiary/aromatic N) is 1. The van der Waals surface area contributed by atoms with E-state index in [2.05, 4.69) is 5.32 Å². The van der Waals surface area contributed by atoms with Crippen LogP contribution in [0.25, 0.3) is 0 Å². The van der Waals surface area contributed by atoms with Gasteiger partial charge in [-0.25, -0.2) is 4.39 Å². The number of amides is 1. The van der Waals surface area contributed by atoms with Crippen LogP contribution in [0.1, 0.15) is 31.2 Å². The quantitative estimate of drug-likeness (QED) is 0.926. The molecule has 0 aliphatic carbocycles. The molecular formula is C17H24ClFN2O. The molecule has 3 nitrogen and oxygen atoms in total. The van der Waals surface area contributed by atoms with E-state index in [1.54, 1.807) is 0 Å². The lowest BCUT2D eigenvalue weighted by Gasteiger charge is -2.27. The van der Waals surface area contributed by atoms with Gasteiger partial charge in [-0.2, -0.15) is 0 Å². The van der Waals surface area contributed by atoms with Crippen molar-refractivity contribution in [1.29, 1.82) is 0 Å². The molecule has 1 amide bonds. The van der Waals surface area contributed by atoms with Gasteiger partial charge in [-0.05, 0) is 55.8 Å². The maximum atomic E-state index is 12.9. The van der Waals surface area contributed by atoms with E-state index in [9.17, 15) is 9.18 Å². The number of likely N-dealkylation sites (tertiary alicyclic amines) is 1. The van der Waals surface area contributed by atoms with Crippen molar-refractivity contribution in [1.82, 2.24) is 10.2 Å².